The molecule has 0 bridgehead atoms. The van der Waals surface area contributed by atoms with Gasteiger partial charge >= 0.3 is 5.97 Å². The molecule has 1 aliphatic heterocycles. The second-order valence-corrected chi connectivity index (χ2v) is 2.14. The Morgan fingerprint density at radius 1 is 1.64 bits per heavy atom. The van der Waals surface area contributed by atoms with Crippen molar-refractivity contribution in [2.75, 3.05) is 13.7 Å². The van der Waals surface area contributed by atoms with Crippen molar-refractivity contribution in [3.8, 4) is 0 Å². The second-order valence-electron chi connectivity index (χ2n) is 2.14. The molecule has 0 aromatic rings. The smallest absolute Gasteiger partial charge is 0.325 e. The molecule has 60 valence electrons. The van der Waals surface area contributed by atoms with E-state index in [1.807, 2.05) is 0 Å². The van der Waals surface area contributed by atoms with E-state index in [1.165, 1.54) is 0 Å². The molecule has 0 spiro atoms. The van der Waals surface area contributed by atoms with Crippen LogP contribution in [0.3, 0.4) is 0 Å². The van der Waals surface area contributed by atoms with E-state index in [0.29, 0.717) is 0 Å². The van der Waals surface area contributed by atoms with Crippen LogP contribution in [-0.2, 0) is 19.1 Å². The molecule has 1 atom stereocenters. The molecule has 11 heavy (non-hydrogen) atoms. The summed E-state index contributed by atoms with van der Waals surface area (Å²) in [5.74, 6) is -3.02. The van der Waals surface area contributed by atoms with Crippen LogP contribution < -0.4 is 5.32 Å². The van der Waals surface area contributed by atoms with E-state index in [4.69, 9.17) is 0 Å². The Balaban J connectivity index is 2.76. The quantitative estimate of drug-likeness (QED) is 0.370. The van der Waals surface area contributed by atoms with Crippen molar-refractivity contribution >= 4 is 17.7 Å². The Hall–Kier alpha value is -1.39. The zero-order valence-corrected chi connectivity index (χ0v) is 5.92. The first-order chi connectivity index (χ1) is 5.16. The van der Waals surface area contributed by atoms with Gasteiger partial charge in [-0.2, -0.15) is 0 Å². The van der Waals surface area contributed by atoms with Gasteiger partial charge in [0.15, 0.2) is 11.7 Å². The fourth-order valence-electron chi connectivity index (χ4n) is 0.881. The lowest BCUT2D eigenvalue weighted by molar-refractivity contribution is -0.150. The molecule has 0 radical (unpaired) electrons. The molecule has 0 aromatic carbocycles. The molecule has 1 aliphatic rings. The average Bonchev–Trinajstić information content (AvgIpc) is 2.30. The largest absolute Gasteiger partial charge is 0.468 e. The number of hydrogen-bond acceptors (Lipinski definition) is 4. The summed E-state index contributed by atoms with van der Waals surface area (Å²) in [6.45, 7) is -0.0708. The number of carbonyl (C=O) groups is 3. The summed E-state index contributed by atoms with van der Waals surface area (Å²) in [5, 5.41) is 2.25. The molecule has 1 rings (SSSR count). The molecule has 1 fully saturated rings. The van der Waals surface area contributed by atoms with E-state index in [-0.39, 0.29) is 6.54 Å². The van der Waals surface area contributed by atoms with Crippen molar-refractivity contribution in [1.29, 1.82) is 0 Å². The lowest BCUT2D eigenvalue weighted by Crippen LogP contribution is -2.28. The Labute approximate surface area is 62.7 Å². The highest BCUT2D eigenvalue weighted by molar-refractivity contribution is 6.21. The second kappa shape index (κ2) is 2.69. The Morgan fingerprint density at radius 2 is 2.27 bits per heavy atom. The highest BCUT2D eigenvalue weighted by atomic mass is 16.5. The van der Waals surface area contributed by atoms with Crippen LogP contribution in [0.5, 0.6) is 0 Å². The van der Waals surface area contributed by atoms with E-state index in [2.05, 4.69) is 10.1 Å². The molecule has 5 heteroatoms. The number of Topliss-reactive ketones (excluding diaryl/α,β-unsaturated/α-hetero) is 1. The zero-order chi connectivity index (χ0) is 8.43. The Morgan fingerprint density at radius 3 is 2.64 bits per heavy atom. The summed E-state index contributed by atoms with van der Waals surface area (Å²) in [4.78, 5) is 32.3. The molecule has 1 saturated heterocycles. The summed E-state index contributed by atoms with van der Waals surface area (Å²) in [6, 6.07) is 0. The van der Waals surface area contributed by atoms with Gasteiger partial charge in [-0.05, 0) is 0 Å². The summed E-state index contributed by atoms with van der Waals surface area (Å²) < 4.78 is 4.25. The van der Waals surface area contributed by atoms with E-state index in [9.17, 15) is 14.4 Å². The van der Waals surface area contributed by atoms with Gasteiger partial charge in [0.1, 0.15) is 0 Å². The van der Waals surface area contributed by atoms with E-state index in [0.717, 1.165) is 7.11 Å². The first-order valence-electron chi connectivity index (χ1n) is 3.05. The molecule has 1 N–H and O–H groups in total. The van der Waals surface area contributed by atoms with Crippen LogP contribution >= 0.6 is 0 Å². The summed E-state index contributed by atoms with van der Waals surface area (Å²) >= 11 is 0. The monoisotopic (exact) mass is 157 g/mol. The summed E-state index contributed by atoms with van der Waals surface area (Å²) in [7, 11) is 1.14. The third-order valence-corrected chi connectivity index (χ3v) is 1.46. The molecule has 0 aromatic heterocycles. The molecule has 1 heterocycles. The van der Waals surface area contributed by atoms with Gasteiger partial charge in [0.05, 0.1) is 13.7 Å². The third-order valence-electron chi connectivity index (χ3n) is 1.46. The minimum absolute atomic E-state index is 0.0708. The van der Waals surface area contributed by atoms with Crippen LogP contribution in [0, 0.1) is 5.92 Å². The lowest BCUT2D eigenvalue weighted by Gasteiger charge is -2.00. The predicted octanol–water partition coefficient (Wildman–Crippen LogP) is -1.53. The van der Waals surface area contributed by atoms with Crippen LogP contribution in [0.1, 0.15) is 0 Å². The van der Waals surface area contributed by atoms with Crippen molar-refractivity contribution in [3.05, 3.63) is 0 Å². The molecule has 0 unspecified atom stereocenters. The van der Waals surface area contributed by atoms with Crippen LogP contribution in [0.4, 0.5) is 0 Å². The SMILES string of the molecule is COC(=O)[C@H]1C(=O)CNC1=O. The van der Waals surface area contributed by atoms with Crippen LogP contribution in [0.25, 0.3) is 0 Å². The van der Waals surface area contributed by atoms with Crippen LogP contribution in [0.15, 0.2) is 0 Å². The van der Waals surface area contributed by atoms with E-state index >= 15 is 0 Å². The van der Waals surface area contributed by atoms with Crippen molar-refractivity contribution in [3.63, 3.8) is 0 Å². The number of ether oxygens (including phenoxy) is 1. The van der Waals surface area contributed by atoms with Gasteiger partial charge < -0.3 is 10.1 Å². The lowest BCUT2D eigenvalue weighted by atomic mass is 10.1. The maximum Gasteiger partial charge on any atom is 0.325 e. The molecular weight excluding hydrogens is 150 g/mol. The molecule has 1 amide bonds. The molecule has 0 saturated carbocycles. The van der Waals surface area contributed by atoms with Gasteiger partial charge in [0.25, 0.3) is 0 Å². The van der Waals surface area contributed by atoms with Crippen molar-refractivity contribution in [1.82, 2.24) is 5.32 Å². The van der Waals surface area contributed by atoms with Crippen LogP contribution in [-0.4, -0.2) is 31.3 Å². The maximum atomic E-state index is 10.8. The predicted molar refractivity (Wildman–Crippen MR) is 33.5 cm³/mol. The van der Waals surface area contributed by atoms with Crippen molar-refractivity contribution in [2.45, 2.75) is 0 Å². The van der Waals surface area contributed by atoms with Gasteiger partial charge in [-0.1, -0.05) is 0 Å². The minimum Gasteiger partial charge on any atom is -0.468 e. The maximum absolute atomic E-state index is 10.8. The van der Waals surface area contributed by atoms with Crippen molar-refractivity contribution in [2.24, 2.45) is 5.92 Å². The molecule has 0 aliphatic carbocycles. The van der Waals surface area contributed by atoms with Crippen molar-refractivity contribution < 1.29 is 19.1 Å². The number of nitrogens with one attached hydrogen (secondary N) is 1. The van der Waals surface area contributed by atoms with Gasteiger partial charge in [-0.3, -0.25) is 14.4 Å². The number of esters is 1. The number of carbonyl (C=O) groups excluding carboxylic acids is 3. The Kier molecular flexibility index (Phi) is 1.89. The fraction of sp³-hybridized carbons (Fsp3) is 0.500. The average molecular weight is 157 g/mol. The first kappa shape index (κ1) is 7.71. The molecule has 5 nitrogen and oxygen atoms in total. The minimum atomic E-state index is -1.24. The van der Waals surface area contributed by atoms with E-state index in [1.54, 1.807) is 0 Å². The van der Waals surface area contributed by atoms with Gasteiger partial charge in [-0.25, -0.2) is 0 Å². The molecular formula is C6H7NO4. The fourth-order valence-corrected chi connectivity index (χ4v) is 0.881. The summed E-state index contributed by atoms with van der Waals surface area (Å²) in [6.07, 6.45) is 0. The highest BCUT2D eigenvalue weighted by Crippen LogP contribution is 2.06. The van der Waals surface area contributed by atoms with Crippen LogP contribution in [0.2, 0.25) is 0 Å². The van der Waals surface area contributed by atoms with Gasteiger partial charge in [-0.15, -0.1) is 0 Å². The summed E-state index contributed by atoms with van der Waals surface area (Å²) in [5.41, 5.74) is 0. The number of hydrogen-bond donors (Lipinski definition) is 1. The number of rotatable bonds is 1. The number of ketones is 1. The number of methoxy groups -OCH3 is 1. The Bertz CT molecular complexity index is 207. The van der Waals surface area contributed by atoms with E-state index < -0.39 is 23.6 Å². The highest BCUT2D eigenvalue weighted by Gasteiger charge is 2.39. The number of amides is 1. The van der Waals surface area contributed by atoms with Gasteiger partial charge in [0, 0.05) is 0 Å². The normalized spacial score (nSPS) is 23.2. The topological polar surface area (TPSA) is 72.5 Å². The third kappa shape index (κ3) is 1.21. The zero-order valence-electron chi connectivity index (χ0n) is 5.92. The van der Waals surface area contributed by atoms with Gasteiger partial charge in [0.2, 0.25) is 5.91 Å². The standard InChI is InChI=1S/C6H7NO4/c1-11-6(10)4-3(8)2-7-5(4)9/h4H,2H2,1H3,(H,7,9)/t4-/m0/s1. The first-order valence-corrected chi connectivity index (χ1v) is 3.05.